The van der Waals surface area contributed by atoms with Gasteiger partial charge in [0.2, 0.25) is 0 Å². The molecule has 0 aromatic carbocycles. The second kappa shape index (κ2) is 21.0. The third kappa shape index (κ3) is 17.2. The summed E-state index contributed by atoms with van der Waals surface area (Å²) in [7, 11) is 0. The van der Waals surface area contributed by atoms with Crippen molar-refractivity contribution in [2.75, 3.05) is 0 Å². The van der Waals surface area contributed by atoms with E-state index in [1.54, 1.807) is 0 Å². The van der Waals surface area contributed by atoms with Crippen molar-refractivity contribution in [3.05, 3.63) is 12.2 Å². The topological polar surface area (TPSA) is 0 Å². The molecule has 0 aromatic rings. The Labute approximate surface area is 167 Å². The highest BCUT2D eigenvalue weighted by Crippen LogP contribution is 2.21. The molecule has 0 heterocycles. The molecule has 156 valence electrons. The van der Waals surface area contributed by atoms with Crippen LogP contribution in [0.2, 0.25) is 0 Å². The zero-order chi connectivity index (χ0) is 19.3. The largest absolute Gasteiger partial charge is 0.0885 e. The average molecular weight is 365 g/mol. The molecule has 0 fully saturated rings. The summed E-state index contributed by atoms with van der Waals surface area (Å²) in [5.41, 5.74) is 0. The van der Waals surface area contributed by atoms with Crippen LogP contribution in [-0.2, 0) is 0 Å². The predicted octanol–water partition coefficient (Wildman–Crippen LogP) is 9.88. The van der Waals surface area contributed by atoms with Gasteiger partial charge in [-0.3, -0.25) is 0 Å². The molecular weight excluding hydrogens is 312 g/mol. The first-order chi connectivity index (χ1) is 12.8. The van der Waals surface area contributed by atoms with Crippen molar-refractivity contribution in [3.8, 4) is 0 Å². The third-order valence-corrected chi connectivity index (χ3v) is 6.21. The van der Waals surface area contributed by atoms with Crippen molar-refractivity contribution in [1.29, 1.82) is 0 Å². The van der Waals surface area contributed by atoms with Crippen molar-refractivity contribution in [3.63, 3.8) is 0 Å². The van der Waals surface area contributed by atoms with Crippen LogP contribution >= 0.6 is 0 Å². The van der Waals surface area contributed by atoms with E-state index < -0.39 is 0 Å². The Kier molecular flexibility index (Phi) is 20.8. The van der Waals surface area contributed by atoms with Gasteiger partial charge in [-0.2, -0.15) is 0 Å². The molecule has 0 saturated carbocycles. The zero-order valence-corrected chi connectivity index (χ0v) is 19.0. The minimum Gasteiger partial charge on any atom is -0.0885 e. The van der Waals surface area contributed by atoms with Gasteiger partial charge in [-0.15, -0.1) is 0 Å². The lowest BCUT2D eigenvalue weighted by Crippen LogP contribution is -1.99. The van der Waals surface area contributed by atoms with E-state index in [1.165, 1.54) is 116 Å². The molecule has 0 nitrogen and oxygen atoms in total. The lowest BCUT2D eigenvalue weighted by atomic mass is 9.92. The van der Waals surface area contributed by atoms with E-state index >= 15 is 0 Å². The van der Waals surface area contributed by atoms with Crippen LogP contribution in [-0.4, -0.2) is 0 Å². The highest BCUT2D eigenvalue weighted by Gasteiger charge is 2.06. The smallest absolute Gasteiger partial charge is 0.0322 e. The van der Waals surface area contributed by atoms with Crippen molar-refractivity contribution in [2.24, 2.45) is 11.8 Å². The SMILES string of the molecule is CCCCCCCCC(CC)CCC=CCC(CC)CCCCCCC. The van der Waals surface area contributed by atoms with Gasteiger partial charge in [0.05, 0.1) is 0 Å². The predicted molar refractivity (Wildman–Crippen MR) is 122 cm³/mol. The van der Waals surface area contributed by atoms with Crippen LogP contribution in [0.4, 0.5) is 0 Å². The molecule has 2 unspecified atom stereocenters. The molecule has 0 saturated heterocycles. The summed E-state index contributed by atoms with van der Waals surface area (Å²) in [5, 5.41) is 0. The fourth-order valence-electron chi connectivity index (χ4n) is 4.03. The fraction of sp³-hybridized carbons (Fsp3) is 0.923. The van der Waals surface area contributed by atoms with Gasteiger partial charge in [0.1, 0.15) is 0 Å². The van der Waals surface area contributed by atoms with Crippen LogP contribution in [0.1, 0.15) is 143 Å². The normalized spacial score (nSPS) is 14.2. The Morgan fingerprint density at radius 1 is 0.500 bits per heavy atom. The van der Waals surface area contributed by atoms with Gasteiger partial charge < -0.3 is 0 Å². The minimum absolute atomic E-state index is 0.929. The van der Waals surface area contributed by atoms with Gasteiger partial charge in [-0.1, -0.05) is 136 Å². The third-order valence-electron chi connectivity index (χ3n) is 6.21. The molecule has 0 aliphatic carbocycles. The molecule has 0 rings (SSSR count). The minimum atomic E-state index is 0.929. The van der Waals surface area contributed by atoms with Crippen LogP contribution in [0, 0.1) is 11.8 Å². The highest BCUT2D eigenvalue weighted by molar-refractivity contribution is 4.84. The first-order valence-corrected chi connectivity index (χ1v) is 12.4. The lowest BCUT2D eigenvalue weighted by Gasteiger charge is -2.14. The summed E-state index contributed by atoms with van der Waals surface area (Å²) >= 11 is 0. The Bertz CT molecular complexity index is 278. The number of unbranched alkanes of at least 4 members (excludes halogenated alkanes) is 9. The van der Waals surface area contributed by atoms with Gasteiger partial charge in [0, 0.05) is 0 Å². The number of rotatable bonds is 20. The molecule has 0 aliphatic heterocycles. The van der Waals surface area contributed by atoms with E-state index in [-0.39, 0.29) is 0 Å². The zero-order valence-electron chi connectivity index (χ0n) is 19.0. The second-order valence-electron chi connectivity index (χ2n) is 8.59. The summed E-state index contributed by atoms with van der Waals surface area (Å²) < 4.78 is 0. The maximum Gasteiger partial charge on any atom is -0.0322 e. The molecule has 0 heteroatoms. The van der Waals surface area contributed by atoms with E-state index in [9.17, 15) is 0 Å². The Balaban J connectivity index is 3.69. The lowest BCUT2D eigenvalue weighted by molar-refractivity contribution is 0.414. The molecule has 0 aromatic heterocycles. The number of hydrogen-bond donors (Lipinski definition) is 0. The summed E-state index contributed by atoms with van der Waals surface area (Å²) in [6.07, 6.45) is 30.4. The van der Waals surface area contributed by atoms with Crippen molar-refractivity contribution in [2.45, 2.75) is 143 Å². The molecule has 0 N–H and O–H groups in total. The second-order valence-corrected chi connectivity index (χ2v) is 8.59. The van der Waals surface area contributed by atoms with Gasteiger partial charge in [0.15, 0.2) is 0 Å². The van der Waals surface area contributed by atoms with Crippen LogP contribution in [0.25, 0.3) is 0 Å². The quantitative estimate of drug-likeness (QED) is 0.149. The monoisotopic (exact) mass is 364 g/mol. The molecular formula is C26H52. The van der Waals surface area contributed by atoms with Gasteiger partial charge >= 0.3 is 0 Å². The molecule has 0 radical (unpaired) electrons. The standard InChI is InChI=1S/C26H52/c1-5-9-11-13-15-18-22-26(8-4)24-20-16-19-23-25(7-3)21-17-14-12-10-6-2/h16,19,25-26H,5-15,17-18,20-24H2,1-4H3. The van der Waals surface area contributed by atoms with Gasteiger partial charge in [-0.05, 0) is 31.1 Å². The van der Waals surface area contributed by atoms with E-state index in [2.05, 4.69) is 39.8 Å². The molecule has 26 heavy (non-hydrogen) atoms. The van der Waals surface area contributed by atoms with Crippen molar-refractivity contribution < 1.29 is 0 Å². The molecule has 0 bridgehead atoms. The number of allylic oxidation sites excluding steroid dienone is 2. The highest BCUT2D eigenvalue weighted by atomic mass is 14.1. The van der Waals surface area contributed by atoms with E-state index in [4.69, 9.17) is 0 Å². The summed E-state index contributed by atoms with van der Waals surface area (Å²) in [6, 6.07) is 0. The van der Waals surface area contributed by atoms with Crippen LogP contribution in [0.15, 0.2) is 12.2 Å². The maximum atomic E-state index is 2.50. The fourth-order valence-corrected chi connectivity index (χ4v) is 4.03. The van der Waals surface area contributed by atoms with E-state index in [0.717, 1.165) is 11.8 Å². The Morgan fingerprint density at radius 2 is 1.00 bits per heavy atom. The first-order valence-electron chi connectivity index (χ1n) is 12.4. The summed E-state index contributed by atoms with van der Waals surface area (Å²) in [4.78, 5) is 0. The van der Waals surface area contributed by atoms with Crippen LogP contribution in [0.3, 0.4) is 0 Å². The van der Waals surface area contributed by atoms with Crippen LogP contribution in [0.5, 0.6) is 0 Å². The molecule has 2 atom stereocenters. The molecule has 0 amide bonds. The van der Waals surface area contributed by atoms with Gasteiger partial charge in [0.25, 0.3) is 0 Å². The first kappa shape index (κ1) is 25.7. The Morgan fingerprint density at radius 3 is 1.54 bits per heavy atom. The van der Waals surface area contributed by atoms with Crippen molar-refractivity contribution in [1.82, 2.24) is 0 Å². The average Bonchev–Trinajstić information content (AvgIpc) is 2.66. The number of hydrogen-bond acceptors (Lipinski definition) is 0. The maximum absolute atomic E-state index is 2.50. The molecule has 0 aliphatic rings. The summed E-state index contributed by atoms with van der Waals surface area (Å²) in [5.74, 6) is 1.89. The van der Waals surface area contributed by atoms with Crippen LogP contribution < -0.4 is 0 Å². The summed E-state index contributed by atoms with van der Waals surface area (Å²) in [6.45, 7) is 9.36. The van der Waals surface area contributed by atoms with E-state index in [0.29, 0.717) is 0 Å². The van der Waals surface area contributed by atoms with Crippen molar-refractivity contribution >= 4 is 0 Å². The molecule has 0 spiro atoms. The Hall–Kier alpha value is -0.260. The van der Waals surface area contributed by atoms with Gasteiger partial charge in [-0.25, -0.2) is 0 Å². The van der Waals surface area contributed by atoms with E-state index in [1.807, 2.05) is 0 Å².